The lowest BCUT2D eigenvalue weighted by molar-refractivity contribution is -0.892. The van der Waals surface area contributed by atoms with Crippen molar-refractivity contribution in [3.05, 3.63) is 24.3 Å². The van der Waals surface area contributed by atoms with Gasteiger partial charge in [-0.1, -0.05) is 6.07 Å². The first-order valence-electron chi connectivity index (χ1n) is 8.85. The Morgan fingerprint density at radius 1 is 1.42 bits per heavy atom. The van der Waals surface area contributed by atoms with E-state index in [9.17, 15) is 4.79 Å². The number of carbonyl (C=O) groups excluding carboxylic acids is 1. The van der Waals surface area contributed by atoms with E-state index in [0.717, 1.165) is 51.4 Å². The zero-order valence-corrected chi connectivity index (χ0v) is 14.4. The van der Waals surface area contributed by atoms with Crippen molar-refractivity contribution in [1.82, 2.24) is 5.32 Å². The monoisotopic (exact) mass is 334 g/mol. The fraction of sp³-hybridized carbons (Fsp3) is 0.611. The van der Waals surface area contributed by atoms with Gasteiger partial charge in [-0.3, -0.25) is 4.79 Å². The Kier molecular flexibility index (Phi) is 5.93. The first-order valence-corrected chi connectivity index (χ1v) is 8.85. The molecule has 1 atom stereocenters. The van der Waals surface area contributed by atoms with Gasteiger partial charge < -0.3 is 24.6 Å². The molecule has 3 rings (SSSR count). The van der Waals surface area contributed by atoms with Crippen molar-refractivity contribution in [3.8, 4) is 5.75 Å². The molecule has 2 N–H and O–H groups in total. The molecule has 0 aliphatic carbocycles. The third-order valence-corrected chi connectivity index (χ3v) is 4.85. The standard InChI is InChI=1S/C18H27N3O3/c1-23-16-5-2-4-15(12-16)21-9-7-20(8-10-21)14-18(22)19-13-17-6-3-11-24-17/h2,4-5,12,17H,3,6-11,13-14H2,1H3,(H,19,22)/p+1/t17-/m1/s1. The van der Waals surface area contributed by atoms with Crippen LogP contribution in [0, 0.1) is 0 Å². The van der Waals surface area contributed by atoms with E-state index < -0.39 is 0 Å². The molecule has 6 nitrogen and oxygen atoms in total. The molecule has 2 saturated heterocycles. The molecule has 0 unspecified atom stereocenters. The van der Waals surface area contributed by atoms with Gasteiger partial charge in [0.25, 0.3) is 5.91 Å². The fourth-order valence-electron chi connectivity index (χ4n) is 3.39. The minimum Gasteiger partial charge on any atom is -0.497 e. The highest BCUT2D eigenvalue weighted by Crippen LogP contribution is 2.20. The number of hydrogen-bond donors (Lipinski definition) is 2. The van der Waals surface area contributed by atoms with Crippen LogP contribution in [0.25, 0.3) is 0 Å². The maximum atomic E-state index is 12.1. The number of anilines is 1. The molecule has 0 bridgehead atoms. The SMILES string of the molecule is COc1cccc(N2CC[NH+](CC(=O)NC[C@H]3CCCO3)CC2)c1. The summed E-state index contributed by atoms with van der Waals surface area (Å²) in [6.07, 6.45) is 2.39. The molecule has 0 saturated carbocycles. The number of nitrogens with one attached hydrogen (secondary N) is 2. The number of hydrogen-bond acceptors (Lipinski definition) is 4. The molecule has 132 valence electrons. The molecule has 1 aromatic rings. The molecule has 0 spiro atoms. The van der Waals surface area contributed by atoms with Crippen LogP contribution >= 0.6 is 0 Å². The predicted octanol–water partition coefficient (Wildman–Crippen LogP) is -0.305. The number of amides is 1. The Morgan fingerprint density at radius 3 is 2.96 bits per heavy atom. The molecule has 0 aromatic heterocycles. The molecule has 0 radical (unpaired) electrons. The lowest BCUT2D eigenvalue weighted by Crippen LogP contribution is -3.16. The summed E-state index contributed by atoms with van der Waals surface area (Å²) in [4.78, 5) is 15.8. The first kappa shape index (κ1) is 17.0. The van der Waals surface area contributed by atoms with Gasteiger partial charge in [-0.15, -0.1) is 0 Å². The molecule has 2 aliphatic rings. The van der Waals surface area contributed by atoms with E-state index in [-0.39, 0.29) is 12.0 Å². The molecule has 1 amide bonds. The molecule has 2 heterocycles. The third-order valence-electron chi connectivity index (χ3n) is 4.85. The Balaban J connectivity index is 1.40. The van der Waals surface area contributed by atoms with Crippen molar-refractivity contribution in [2.45, 2.75) is 18.9 Å². The molecule has 2 aliphatic heterocycles. The second-order valence-electron chi connectivity index (χ2n) is 6.55. The van der Waals surface area contributed by atoms with Crippen molar-refractivity contribution in [3.63, 3.8) is 0 Å². The van der Waals surface area contributed by atoms with E-state index in [2.05, 4.69) is 22.3 Å². The molecular weight excluding hydrogens is 306 g/mol. The summed E-state index contributed by atoms with van der Waals surface area (Å²) in [5, 5.41) is 3.01. The van der Waals surface area contributed by atoms with Crippen LogP contribution in [0.5, 0.6) is 5.75 Å². The van der Waals surface area contributed by atoms with Gasteiger partial charge in [-0.05, 0) is 25.0 Å². The maximum Gasteiger partial charge on any atom is 0.275 e. The van der Waals surface area contributed by atoms with Crippen LogP contribution in [0.2, 0.25) is 0 Å². The highest BCUT2D eigenvalue weighted by atomic mass is 16.5. The number of rotatable bonds is 6. The van der Waals surface area contributed by atoms with Gasteiger partial charge in [0.2, 0.25) is 0 Å². The summed E-state index contributed by atoms with van der Waals surface area (Å²) in [7, 11) is 1.69. The average Bonchev–Trinajstić information content (AvgIpc) is 3.14. The topological polar surface area (TPSA) is 55.2 Å². The van der Waals surface area contributed by atoms with E-state index in [0.29, 0.717) is 13.1 Å². The molecular formula is C18H28N3O3+. The van der Waals surface area contributed by atoms with Crippen molar-refractivity contribution < 1.29 is 19.2 Å². The Hall–Kier alpha value is -1.79. The second kappa shape index (κ2) is 8.35. The van der Waals surface area contributed by atoms with Gasteiger partial charge in [0.1, 0.15) is 5.75 Å². The third kappa shape index (κ3) is 4.61. The quantitative estimate of drug-likeness (QED) is 0.750. The summed E-state index contributed by atoms with van der Waals surface area (Å²) in [5.41, 5.74) is 1.19. The van der Waals surface area contributed by atoms with Crippen LogP contribution in [0.3, 0.4) is 0 Å². The fourth-order valence-corrected chi connectivity index (χ4v) is 3.39. The number of quaternary nitrogens is 1. The molecule has 24 heavy (non-hydrogen) atoms. The highest BCUT2D eigenvalue weighted by molar-refractivity contribution is 5.76. The highest BCUT2D eigenvalue weighted by Gasteiger charge is 2.23. The van der Waals surface area contributed by atoms with Crippen molar-refractivity contribution in [1.29, 1.82) is 0 Å². The average molecular weight is 334 g/mol. The predicted molar refractivity (Wildman–Crippen MR) is 92.8 cm³/mol. The van der Waals surface area contributed by atoms with Gasteiger partial charge in [0.05, 0.1) is 39.4 Å². The van der Waals surface area contributed by atoms with Crippen LogP contribution < -0.4 is 19.9 Å². The summed E-state index contributed by atoms with van der Waals surface area (Å²) >= 11 is 0. The van der Waals surface area contributed by atoms with Crippen LogP contribution in [0.4, 0.5) is 5.69 Å². The number of benzene rings is 1. The van der Waals surface area contributed by atoms with Gasteiger partial charge in [-0.2, -0.15) is 0 Å². The van der Waals surface area contributed by atoms with E-state index in [1.54, 1.807) is 7.11 Å². The van der Waals surface area contributed by atoms with Crippen molar-refractivity contribution in [2.75, 3.05) is 57.9 Å². The van der Waals surface area contributed by atoms with E-state index >= 15 is 0 Å². The van der Waals surface area contributed by atoms with Crippen molar-refractivity contribution in [2.24, 2.45) is 0 Å². The Morgan fingerprint density at radius 2 is 2.25 bits per heavy atom. The lowest BCUT2D eigenvalue weighted by Gasteiger charge is -2.33. The Labute approximate surface area is 143 Å². The lowest BCUT2D eigenvalue weighted by atomic mass is 10.2. The van der Waals surface area contributed by atoms with Gasteiger partial charge in [0.15, 0.2) is 6.54 Å². The first-order chi connectivity index (χ1) is 11.7. The largest absolute Gasteiger partial charge is 0.497 e. The molecule has 6 heteroatoms. The normalized spacial score (nSPS) is 21.7. The van der Waals surface area contributed by atoms with E-state index in [1.807, 2.05) is 12.1 Å². The minimum absolute atomic E-state index is 0.135. The number of nitrogens with zero attached hydrogens (tertiary/aromatic N) is 1. The van der Waals surface area contributed by atoms with E-state index in [4.69, 9.17) is 9.47 Å². The van der Waals surface area contributed by atoms with Crippen molar-refractivity contribution >= 4 is 11.6 Å². The number of piperazine rings is 1. The smallest absolute Gasteiger partial charge is 0.275 e. The van der Waals surface area contributed by atoms with Gasteiger partial charge in [0, 0.05) is 24.9 Å². The number of methoxy groups -OCH3 is 1. The van der Waals surface area contributed by atoms with Crippen LogP contribution in [0.1, 0.15) is 12.8 Å². The summed E-state index contributed by atoms with van der Waals surface area (Å²) in [6, 6.07) is 8.16. The summed E-state index contributed by atoms with van der Waals surface area (Å²) < 4.78 is 10.8. The molecule has 2 fully saturated rings. The van der Waals surface area contributed by atoms with Crippen LogP contribution in [-0.4, -0.2) is 65.0 Å². The zero-order valence-electron chi connectivity index (χ0n) is 14.4. The van der Waals surface area contributed by atoms with Crippen LogP contribution in [-0.2, 0) is 9.53 Å². The number of carbonyl (C=O) groups is 1. The van der Waals surface area contributed by atoms with Crippen LogP contribution in [0.15, 0.2) is 24.3 Å². The summed E-state index contributed by atoms with van der Waals surface area (Å²) in [6.45, 7) is 5.91. The second-order valence-corrected chi connectivity index (χ2v) is 6.55. The molecule has 1 aromatic carbocycles. The number of ether oxygens (including phenoxy) is 2. The zero-order chi connectivity index (χ0) is 16.8. The minimum atomic E-state index is 0.135. The van der Waals surface area contributed by atoms with Gasteiger partial charge >= 0.3 is 0 Å². The maximum absolute atomic E-state index is 12.1. The van der Waals surface area contributed by atoms with E-state index in [1.165, 1.54) is 10.6 Å². The van der Waals surface area contributed by atoms with Gasteiger partial charge in [-0.25, -0.2) is 0 Å². The summed E-state index contributed by atoms with van der Waals surface area (Å²) in [5.74, 6) is 1.02. The Bertz CT molecular complexity index is 538.